The minimum atomic E-state index is -2.22. The highest BCUT2D eigenvalue weighted by atomic mass is 16.4. The number of hydrogen-bond acceptors (Lipinski definition) is 21. The highest BCUT2D eigenvalue weighted by Crippen LogP contribution is 2.16. The number of benzene rings is 1. The van der Waals surface area contributed by atoms with E-state index in [1.807, 2.05) is 20.8 Å². The molecular weight excluding hydrogens is 1430 g/mol. The maximum Gasteiger partial charge on any atom is 0.326 e. The summed E-state index contributed by atoms with van der Waals surface area (Å²) in [4.78, 5) is 231. The molecule has 0 saturated heterocycles. The SMILES string of the molecule is CC[C@H](C)[C@H](N)C(=O)N[C@@H](CC(C)C)C(=O)N[C@H](C(=O)N[C@@H](CC(C)C)C(=O)N[C@@H](Cc1ccccc1)C(=O)N[C@@H](CC(=O)O)C(=O)N[C@@H](CC(=O)O)C(=O)N[C@@H](Cc1cnc[nH]1)C(=O)N[C@@H](CO)C(=O)N[C@@H](CC(=O)O)C(=O)N[C@H](C(=O)N[C@@H](Cc1cnc[nH]1)C(=O)N[C@@H](CCCCN)C(=O)O)C(C)C)C(C)C. The Morgan fingerprint density at radius 2 is 0.743 bits per heavy atom. The van der Waals surface area contributed by atoms with Gasteiger partial charge in [0.25, 0.3) is 0 Å². The van der Waals surface area contributed by atoms with Gasteiger partial charge in [-0.15, -0.1) is 0 Å². The Balaban J connectivity index is 1.93. The summed E-state index contributed by atoms with van der Waals surface area (Å²) in [5, 5.41) is 79.2. The smallest absolute Gasteiger partial charge is 0.326 e. The van der Waals surface area contributed by atoms with E-state index < -0.39 is 217 Å². The van der Waals surface area contributed by atoms with Crippen molar-refractivity contribution < 1.29 is 102 Å². The third-order valence-electron chi connectivity index (χ3n) is 17.3. The number of hydrogen-bond donors (Lipinski definition) is 21. The molecular formula is C70H108N18O21. The quantitative estimate of drug-likeness (QED) is 0.0243. The Labute approximate surface area is 629 Å². The molecule has 2 aromatic heterocycles. The highest BCUT2D eigenvalue weighted by molar-refractivity contribution is 6.01. The second kappa shape index (κ2) is 46.3. The lowest BCUT2D eigenvalue weighted by atomic mass is 9.96. The van der Waals surface area contributed by atoms with Gasteiger partial charge in [0.15, 0.2) is 0 Å². The zero-order chi connectivity index (χ0) is 81.9. The number of aromatic amines is 2. The number of carboxylic acids is 4. The molecule has 23 N–H and O–H groups in total. The molecule has 0 bridgehead atoms. The maximum absolute atomic E-state index is 14.6. The van der Waals surface area contributed by atoms with Gasteiger partial charge < -0.3 is 111 Å². The fourth-order valence-corrected chi connectivity index (χ4v) is 11.0. The number of amides is 12. The molecule has 3 aromatic rings. The molecule has 0 saturated carbocycles. The first-order chi connectivity index (χ1) is 51.3. The lowest BCUT2D eigenvalue weighted by Gasteiger charge is -2.30. The van der Waals surface area contributed by atoms with E-state index in [0.29, 0.717) is 30.5 Å². The molecule has 0 aliphatic heterocycles. The molecule has 3 rings (SSSR count). The van der Waals surface area contributed by atoms with Gasteiger partial charge in [0, 0.05) is 43.0 Å². The summed E-state index contributed by atoms with van der Waals surface area (Å²) in [5.41, 5.74) is 12.6. The number of nitrogens with two attached hydrogens (primary N) is 2. The number of carbonyl (C=O) groups excluding carboxylic acids is 12. The van der Waals surface area contributed by atoms with Crippen LogP contribution in [0.15, 0.2) is 55.4 Å². The molecule has 12 amide bonds. The van der Waals surface area contributed by atoms with Crippen LogP contribution in [0.25, 0.3) is 0 Å². The number of aliphatic hydroxyl groups excluding tert-OH is 1. The molecule has 0 aliphatic rings. The van der Waals surface area contributed by atoms with Crippen LogP contribution in [-0.2, 0) is 96.0 Å². The lowest BCUT2D eigenvalue weighted by molar-refractivity contribution is -0.143. The van der Waals surface area contributed by atoms with Crippen LogP contribution in [-0.4, -0.2) is 232 Å². The van der Waals surface area contributed by atoms with E-state index in [0.717, 1.165) is 6.33 Å². The topological polar surface area (TPSA) is 628 Å². The van der Waals surface area contributed by atoms with E-state index in [1.54, 1.807) is 65.0 Å². The number of rotatable bonds is 50. The van der Waals surface area contributed by atoms with Gasteiger partial charge in [-0.3, -0.25) is 71.9 Å². The molecule has 0 spiro atoms. The molecule has 1 aromatic carbocycles. The number of aliphatic hydroxyl groups is 1. The van der Waals surface area contributed by atoms with E-state index in [2.05, 4.69) is 83.7 Å². The maximum atomic E-state index is 14.6. The lowest BCUT2D eigenvalue weighted by Crippen LogP contribution is -2.62. The molecule has 39 heteroatoms. The van der Waals surface area contributed by atoms with Gasteiger partial charge in [-0.25, -0.2) is 14.8 Å². The largest absolute Gasteiger partial charge is 0.481 e. The number of nitrogens with one attached hydrogen (secondary N) is 14. The Bertz CT molecular complexity index is 3540. The normalized spacial score (nSPS) is 15.2. The molecule has 604 valence electrons. The van der Waals surface area contributed by atoms with Crippen LogP contribution in [0.1, 0.15) is 144 Å². The van der Waals surface area contributed by atoms with Crippen molar-refractivity contribution in [2.45, 2.75) is 225 Å². The number of H-pyrrole nitrogens is 2. The summed E-state index contributed by atoms with van der Waals surface area (Å²) >= 11 is 0. The number of unbranched alkanes of at least 4 members (excludes halogenated alkanes) is 1. The van der Waals surface area contributed by atoms with Gasteiger partial charge >= 0.3 is 23.9 Å². The van der Waals surface area contributed by atoms with E-state index in [-0.39, 0.29) is 62.1 Å². The predicted molar refractivity (Wildman–Crippen MR) is 388 cm³/mol. The van der Waals surface area contributed by atoms with Crippen LogP contribution in [0.4, 0.5) is 0 Å². The van der Waals surface area contributed by atoms with Gasteiger partial charge in [-0.2, -0.15) is 0 Å². The molecule has 0 fully saturated rings. The van der Waals surface area contributed by atoms with Crippen molar-refractivity contribution in [3.63, 3.8) is 0 Å². The number of aliphatic carboxylic acids is 4. The minimum absolute atomic E-state index is 0.0113. The summed E-state index contributed by atoms with van der Waals surface area (Å²) in [5.74, 6) is -21.7. The number of aromatic nitrogens is 4. The molecule has 0 unspecified atom stereocenters. The minimum Gasteiger partial charge on any atom is -0.481 e. The zero-order valence-corrected chi connectivity index (χ0v) is 62.8. The van der Waals surface area contributed by atoms with Crippen LogP contribution in [0.2, 0.25) is 0 Å². The van der Waals surface area contributed by atoms with Crippen molar-refractivity contribution >= 4 is 94.8 Å². The van der Waals surface area contributed by atoms with Crippen LogP contribution < -0.4 is 75.3 Å². The zero-order valence-electron chi connectivity index (χ0n) is 62.8. The Hall–Kier alpha value is -11.0. The second-order valence-electron chi connectivity index (χ2n) is 28.1. The van der Waals surface area contributed by atoms with Gasteiger partial charge in [-0.1, -0.05) is 106 Å². The van der Waals surface area contributed by atoms with Crippen LogP contribution in [0, 0.1) is 29.6 Å². The molecule has 109 heavy (non-hydrogen) atoms. The van der Waals surface area contributed by atoms with Crippen molar-refractivity contribution in [1.82, 2.24) is 83.7 Å². The average molecular weight is 1540 g/mol. The summed E-state index contributed by atoms with van der Waals surface area (Å²) in [7, 11) is 0. The van der Waals surface area contributed by atoms with E-state index >= 15 is 0 Å². The standard InChI is InChI=1S/C70H108N18O21/c1-11-38(10)55(72)67(105)83-44(22-35(4)5)64(102)87-56(36(6)7)68(106)84-43(21-34(2)3)58(96)78-45(23-39-17-13-12-14-18-39)59(97)80-49(27-53(92)93)63(101)81-48(26-52(90)91)62(100)79-46(24-40-29-73-32-75-40)61(99)86-51(31-89)66(104)82-50(28-54(94)95)65(103)88-57(37(8)9)69(107)85-47(25-41-30-74-33-76-41)60(98)77-42(70(108)109)19-15-16-20-71/h12-14,17-18,29-30,32-38,42-51,55-57,89H,11,15-16,19-28,31,71-72H2,1-10H3,(H,73,75)(H,74,76)(H,77,98)(H,78,96)(H,79,100)(H,80,97)(H,81,101)(H,82,104)(H,83,105)(H,84,106)(H,85,107)(H,86,99)(H,87,102)(H,88,103)(H,90,91)(H,92,93)(H,94,95)(H,108,109)/t38-,42-,43-,44-,45-,46-,47-,48-,49-,50-,51-,55-,56-,57-/m0/s1. The van der Waals surface area contributed by atoms with Crippen molar-refractivity contribution in [2.24, 2.45) is 41.1 Å². The first kappa shape index (κ1) is 92.2. The predicted octanol–water partition coefficient (Wildman–Crippen LogP) is -3.61. The van der Waals surface area contributed by atoms with Crippen molar-refractivity contribution in [2.75, 3.05) is 13.2 Å². The molecule has 2 heterocycles. The third-order valence-corrected chi connectivity index (χ3v) is 17.3. The van der Waals surface area contributed by atoms with E-state index in [9.17, 15) is 102 Å². The number of carbonyl (C=O) groups is 16. The van der Waals surface area contributed by atoms with Crippen molar-refractivity contribution in [3.05, 3.63) is 72.3 Å². The Morgan fingerprint density at radius 3 is 1.10 bits per heavy atom. The van der Waals surface area contributed by atoms with Crippen LogP contribution in [0.3, 0.4) is 0 Å². The summed E-state index contributed by atoms with van der Waals surface area (Å²) in [6.45, 7) is 15.9. The second-order valence-corrected chi connectivity index (χ2v) is 28.1. The summed E-state index contributed by atoms with van der Waals surface area (Å²) < 4.78 is 0. The summed E-state index contributed by atoms with van der Waals surface area (Å²) in [6.07, 6.45) is 1.60. The van der Waals surface area contributed by atoms with Gasteiger partial charge in [0.05, 0.1) is 44.6 Å². The summed E-state index contributed by atoms with van der Waals surface area (Å²) in [6, 6.07) is -13.3. The molecule has 0 aliphatic carbocycles. The molecule has 14 atom stereocenters. The van der Waals surface area contributed by atoms with Crippen LogP contribution >= 0.6 is 0 Å². The molecule has 0 radical (unpaired) electrons. The molecule has 39 nitrogen and oxygen atoms in total. The highest BCUT2D eigenvalue weighted by Gasteiger charge is 2.40. The Kier molecular flexibility index (Phi) is 39.2. The van der Waals surface area contributed by atoms with E-state index in [1.165, 1.54) is 32.6 Å². The number of carboxylic acid groups (broad SMARTS) is 4. The average Bonchev–Trinajstić information content (AvgIpc) is 1.46. The van der Waals surface area contributed by atoms with E-state index in [4.69, 9.17) is 11.5 Å². The Morgan fingerprint density at radius 1 is 0.413 bits per heavy atom. The van der Waals surface area contributed by atoms with Gasteiger partial charge in [-0.05, 0) is 73.8 Å². The number of nitrogens with zero attached hydrogens (tertiary/aromatic N) is 2. The van der Waals surface area contributed by atoms with Gasteiger partial charge in [0.1, 0.15) is 72.5 Å². The van der Waals surface area contributed by atoms with Gasteiger partial charge in [0.2, 0.25) is 70.9 Å². The van der Waals surface area contributed by atoms with Crippen molar-refractivity contribution in [1.29, 1.82) is 0 Å². The monoisotopic (exact) mass is 1540 g/mol. The van der Waals surface area contributed by atoms with Crippen LogP contribution in [0.5, 0.6) is 0 Å². The first-order valence-electron chi connectivity index (χ1n) is 35.9. The fraction of sp³-hybridized carbons (Fsp3) is 0.600. The third kappa shape index (κ3) is 32.6. The fourth-order valence-electron chi connectivity index (χ4n) is 11.0. The first-order valence-corrected chi connectivity index (χ1v) is 35.9. The van der Waals surface area contributed by atoms with Crippen molar-refractivity contribution in [3.8, 4) is 0 Å². The number of imidazole rings is 2.